The number of fused-ring (bicyclic) bond motifs is 2. The van der Waals surface area contributed by atoms with Gasteiger partial charge in [0.1, 0.15) is 6.61 Å². The summed E-state index contributed by atoms with van der Waals surface area (Å²) in [6.45, 7) is 18.4. The molecule has 0 saturated heterocycles. The Balaban J connectivity index is 1.43. The Hall–Kier alpha value is -2.92. The summed E-state index contributed by atoms with van der Waals surface area (Å²) in [6.07, 6.45) is 15.6. The highest BCUT2D eigenvalue weighted by molar-refractivity contribution is 6.32. The van der Waals surface area contributed by atoms with Crippen molar-refractivity contribution in [3.05, 3.63) is 106 Å². The zero-order valence-electron chi connectivity index (χ0n) is 29.0. The molecule has 2 heterocycles. The van der Waals surface area contributed by atoms with Crippen molar-refractivity contribution < 1.29 is 14.0 Å². The number of allylic oxidation sites excluding steroid dienone is 8. The van der Waals surface area contributed by atoms with Gasteiger partial charge in [0.15, 0.2) is 12.3 Å². The van der Waals surface area contributed by atoms with Gasteiger partial charge in [0, 0.05) is 59.3 Å². The molecule has 1 aliphatic carbocycles. The first-order valence-electron chi connectivity index (χ1n) is 17.5. The molecule has 0 bridgehead atoms. The zero-order chi connectivity index (χ0) is 32.7. The Morgan fingerprint density at radius 3 is 2.33 bits per heavy atom. The van der Waals surface area contributed by atoms with Crippen molar-refractivity contribution in [2.45, 2.75) is 90.9 Å². The molecule has 0 radical (unpaired) electrons. The van der Waals surface area contributed by atoms with Crippen LogP contribution >= 0.6 is 11.6 Å². The van der Waals surface area contributed by atoms with E-state index in [2.05, 4.69) is 124 Å². The Labute approximate surface area is 283 Å². The van der Waals surface area contributed by atoms with Crippen LogP contribution in [0, 0.1) is 0 Å². The number of hydrogen-bond donors (Lipinski definition) is 0. The summed E-state index contributed by atoms with van der Waals surface area (Å²) in [7, 11) is 0. The minimum absolute atomic E-state index is 0.102. The molecule has 246 valence electrons. The van der Waals surface area contributed by atoms with Crippen LogP contribution < -0.4 is 4.90 Å². The predicted octanol–water partition coefficient (Wildman–Crippen LogP) is 10.1. The van der Waals surface area contributed by atoms with Crippen LogP contribution in [0.4, 0.5) is 11.4 Å². The predicted molar refractivity (Wildman–Crippen MR) is 195 cm³/mol. The lowest BCUT2D eigenvalue weighted by Crippen LogP contribution is -2.29. The lowest BCUT2D eigenvalue weighted by Gasteiger charge is -2.27. The molecule has 5 heteroatoms. The molecule has 0 spiro atoms. The topological polar surface area (TPSA) is 24.7 Å². The summed E-state index contributed by atoms with van der Waals surface area (Å²) in [5.74, 6) is 0. The first-order chi connectivity index (χ1) is 22.2. The number of para-hydroxylation sites is 2. The molecule has 2 aromatic carbocycles. The summed E-state index contributed by atoms with van der Waals surface area (Å²) in [6, 6.07) is 17.6. The molecule has 4 nitrogen and oxygen atoms in total. The van der Waals surface area contributed by atoms with Gasteiger partial charge in [0.2, 0.25) is 5.69 Å². The first kappa shape index (κ1) is 34.4. The van der Waals surface area contributed by atoms with Crippen LogP contribution in [0.15, 0.2) is 94.7 Å². The highest BCUT2D eigenvalue weighted by Gasteiger charge is 2.44. The third-order valence-corrected chi connectivity index (χ3v) is 10.3. The largest absolute Gasteiger partial charge is 0.380 e. The molecule has 5 rings (SSSR count). The second-order valence-corrected chi connectivity index (χ2v) is 14.2. The van der Waals surface area contributed by atoms with Crippen molar-refractivity contribution in [3.63, 3.8) is 0 Å². The number of hydrogen-bond acceptors (Lipinski definition) is 3. The van der Waals surface area contributed by atoms with Crippen LogP contribution in [0.5, 0.6) is 0 Å². The van der Waals surface area contributed by atoms with Gasteiger partial charge in [-0.1, -0.05) is 94.3 Å². The van der Waals surface area contributed by atoms with Gasteiger partial charge in [-0.3, -0.25) is 0 Å². The van der Waals surface area contributed by atoms with E-state index >= 15 is 0 Å². The lowest BCUT2D eigenvalue weighted by molar-refractivity contribution is -0.442. The van der Waals surface area contributed by atoms with Gasteiger partial charge in [-0.05, 0) is 74.8 Å². The molecule has 0 atom stereocenters. The Morgan fingerprint density at radius 1 is 0.804 bits per heavy atom. The Bertz CT molecular complexity index is 1540. The quantitative estimate of drug-likeness (QED) is 0.152. The number of ether oxygens (including phenoxy) is 2. The molecule has 0 saturated carbocycles. The van der Waals surface area contributed by atoms with Gasteiger partial charge in [-0.2, -0.15) is 4.58 Å². The molecule has 0 fully saturated rings. The lowest BCUT2D eigenvalue weighted by atomic mass is 9.81. The SMILES string of the molecule is CCCCOCC[N+]1=C(C=CC2=C(Cl)C(=CC=C3N(CCOCCC)c4ccccc4C3(C)C)CCC2)C(C)(C)c2ccccc21. The molecule has 2 aliphatic heterocycles. The molecular formula is C41H54ClN2O2+. The van der Waals surface area contributed by atoms with E-state index < -0.39 is 0 Å². The molecule has 3 aliphatic rings. The minimum atomic E-state index is -0.103. The number of unbranched alkanes of at least 4 members (excludes halogenated alkanes) is 1. The second kappa shape index (κ2) is 15.3. The standard InChI is InChI=1S/C41H54ClN2O2/c1-7-9-28-46-30-26-44-36-20-13-11-18-34(36)41(5,6)38(44)24-22-32-16-14-15-31(39(32)42)21-23-37-40(3,4)33-17-10-12-19-35(33)43(37)25-29-45-27-8-2/h10-13,17-24H,7-9,14-16,25-30H2,1-6H3/q+1. The molecule has 0 unspecified atom stereocenters. The highest BCUT2D eigenvalue weighted by Crippen LogP contribution is 2.48. The molecule has 0 aromatic heterocycles. The smallest absolute Gasteiger partial charge is 0.209 e. The van der Waals surface area contributed by atoms with Gasteiger partial charge < -0.3 is 14.4 Å². The zero-order valence-corrected chi connectivity index (χ0v) is 29.8. The number of halogens is 1. The summed E-state index contributed by atoms with van der Waals surface area (Å²) in [4.78, 5) is 2.44. The first-order valence-corrected chi connectivity index (χ1v) is 17.8. The van der Waals surface area contributed by atoms with Crippen LogP contribution in [0.1, 0.15) is 91.2 Å². The summed E-state index contributed by atoms with van der Waals surface area (Å²) in [5.41, 5.74) is 10.1. The molecule has 0 N–H and O–H groups in total. The summed E-state index contributed by atoms with van der Waals surface area (Å²) < 4.78 is 14.4. The van der Waals surface area contributed by atoms with E-state index in [0.717, 1.165) is 69.9 Å². The fraction of sp³-hybridized carbons (Fsp3) is 0.488. The van der Waals surface area contributed by atoms with Crippen LogP contribution in [-0.2, 0) is 20.3 Å². The van der Waals surface area contributed by atoms with Crippen LogP contribution in [0.2, 0.25) is 0 Å². The van der Waals surface area contributed by atoms with Gasteiger partial charge in [-0.15, -0.1) is 0 Å². The maximum Gasteiger partial charge on any atom is 0.209 e. The van der Waals surface area contributed by atoms with Crippen LogP contribution in [0.25, 0.3) is 0 Å². The van der Waals surface area contributed by atoms with Crippen molar-refractivity contribution >= 4 is 28.7 Å². The van der Waals surface area contributed by atoms with E-state index in [1.54, 1.807) is 0 Å². The van der Waals surface area contributed by atoms with E-state index in [1.165, 1.54) is 45.1 Å². The monoisotopic (exact) mass is 641 g/mol. The van der Waals surface area contributed by atoms with Gasteiger partial charge >= 0.3 is 0 Å². The van der Waals surface area contributed by atoms with E-state index in [0.29, 0.717) is 13.2 Å². The van der Waals surface area contributed by atoms with Crippen molar-refractivity contribution in [2.75, 3.05) is 44.4 Å². The molecule has 2 aromatic rings. The summed E-state index contributed by atoms with van der Waals surface area (Å²) >= 11 is 7.22. The number of rotatable bonds is 14. The van der Waals surface area contributed by atoms with Gasteiger partial charge in [0.25, 0.3) is 0 Å². The normalized spacial score (nSPS) is 20.5. The minimum Gasteiger partial charge on any atom is -0.380 e. The average molecular weight is 642 g/mol. The second-order valence-electron chi connectivity index (χ2n) is 13.8. The Morgan fingerprint density at radius 2 is 1.54 bits per heavy atom. The number of anilines is 1. The molecule has 46 heavy (non-hydrogen) atoms. The summed E-state index contributed by atoms with van der Waals surface area (Å²) in [5, 5.41) is 0.897. The van der Waals surface area contributed by atoms with Crippen molar-refractivity contribution in [3.8, 4) is 0 Å². The van der Waals surface area contributed by atoms with E-state index in [4.69, 9.17) is 21.1 Å². The van der Waals surface area contributed by atoms with Gasteiger partial charge in [0.05, 0.1) is 12.0 Å². The van der Waals surface area contributed by atoms with Crippen molar-refractivity contribution in [1.82, 2.24) is 0 Å². The maximum absolute atomic E-state index is 7.22. The number of nitrogens with zero attached hydrogens (tertiary/aromatic N) is 2. The molecular weight excluding hydrogens is 588 g/mol. The van der Waals surface area contributed by atoms with E-state index in [-0.39, 0.29) is 10.8 Å². The Kier molecular flexibility index (Phi) is 11.5. The fourth-order valence-electron chi connectivity index (χ4n) is 7.24. The third-order valence-electron chi connectivity index (χ3n) is 9.85. The van der Waals surface area contributed by atoms with Crippen LogP contribution in [-0.4, -0.2) is 49.8 Å². The fourth-order valence-corrected chi connectivity index (χ4v) is 7.55. The third kappa shape index (κ3) is 7.15. The van der Waals surface area contributed by atoms with Crippen molar-refractivity contribution in [1.29, 1.82) is 0 Å². The van der Waals surface area contributed by atoms with E-state index in [1.807, 2.05) is 0 Å². The average Bonchev–Trinajstić information content (AvgIpc) is 3.40. The molecule has 0 amide bonds. The van der Waals surface area contributed by atoms with Crippen LogP contribution in [0.3, 0.4) is 0 Å². The maximum atomic E-state index is 7.22. The highest BCUT2D eigenvalue weighted by atomic mass is 35.5. The number of benzene rings is 2. The van der Waals surface area contributed by atoms with Gasteiger partial charge in [-0.25, -0.2) is 0 Å². The van der Waals surface area contributed by atoms with Crippen molar-refractivity contribution in [2.24, 2.45) is 0 Å². The van der Waals surface area contributed by atoms with E-state index in [9.17, 15) is 0 Å².